The summed E-state index contributed by atoms with van der Waals surface area (Å²) >= 11 is 1.45. The number of hydrogen-bond donors (Lipinski definition) is 2. The van der Waals surface area contributed by atoms with Crippen LogP contribution in [-0.2, 0) is 11.3 Å². The summed E-state index contributed by atoms with van der Waals surface area (Å²) in [6.45, 7) is 11.1. The van der Waals surface area contributed by atoms with E-state index in [1.807, 2.05) is 26.0 Å². The molecule has 0 aliphatic carbocycles. The number of benzene rings is 2. The van der Waals surface area contributed by atoms with Crippen LogP contribution in [0.3, 0.4) is 0 Å². The lowest BCUT2D eigenvalue weighted by Gasteiger charge is -2.15. The maximum absolute atomic E-state index is 12.8. The highest BCUT2D eigenvalue weighted by Gasteiger charge is 2.20. The summed E-state index contributed by atoms with van der Waals surface area (Å²) in [6.07, 6.45) is 0. The summed E-state index contributed by atoms with van der Waals surface area (Å²) in [5.74, 6) is 0.694. The third kappa shape index (κ3) is 6.20. The third-order valence-corrected chi connectivity index (χ3v) is 6.48. The number of carbonyl (C=O) groups excluding carboxylic acids is 2. The molecule has 3 rings (SSSR count). The van der Waals surface area contributed by atoms with Crippen LogP contribution in [0.15, 0.2) is 53.7 Å². The molecule has 0 saturated heterocycles. The second-order valence-electron chi connectivity index (χ2n) is 8.55. The van der Waals surface area contributed by atoms with Gasteiger partial charge in [-0.05, 0) is 63.1 Å². The predicted octanol–water partition coefficient (Wildman–Crippen LogP) is 5.54. The molecule has 180 valence electrons. The standard InChI is InChI=1S/C26H32N4O3S/c1-16(2)15-30-18(4)17(3)27-26(30)34-19(5)24(31)28-21-13-11-20(12-14-21)25(32)29-22-9-7-8-10-23(22)33-6/h7-14,16,19H,15H2,1-6H3,(H,28,31)(H,29,32). The van der Waals surface area contributed by atoms with Crippen molar-refractivity contribution < 1.29 is 14.3 Å². The van der Waals surface area contributed by atoms with Gasteiger partial charge >= 0.3 is 0 Å². The Bertz CT molecular complexity index is 1160. The van der Waals surface area contributed by atoms with Crippen molar-refractivity contribution >= 4 is 35.0 Å². The van der Waals surface area contributed by atoms with Crippen LogP contribution in [0.25, 0.3) is 0 Å². The van der Waals surface area contributed by atoms with E-state index in [0.29, 0.717) is 28.6 Å². The van der Waals surface area contributed by atoms with Gasteiger partial charge < -0.3 is 19.9 Å². The summed E-state index contributed by atoms with van der Waals surface area (Å²) in [7, 11) is 1.56. The van der Waals surface area contributed by atoms with E-state index in [-0.39, 0.29) is 17.1 Å². The minimum atomic E-state index is -0.333. The molecule has 34 heavy (non-hydrogen) atoms. The van der Waals surface area contributed by atoms with E-state index in [9.17, 15) is 9.59 Å². The molecule has 0 aliphatic rings. The largest absolute Gasteiger partial charge is 0.495 e. The van der Waals surface area contributed by atoms with Crippen LogP contribution in [0.5, 0.6) is 5.75 Å². The van der Waals surface area contributed by atoms with E-state index in [2.05, 4.69) is 41.0 Å². The Hall–Kier alpha value is -3.26. The zero-order valence-corrected chi connectivity index (χ0v) is 21.3. The lowest BCUT2D eigenvalue weighted by molar-refractivity contribution is -0.115. The lowest BCUT2D eigenvalue weighted by atomic mass is 10.2. The van der Waals surface area contributed by atoms with Crippen LogP contribution in [0.4, 0.5) is 11.4 Å². The Morgan fingerprint density at radius 3 is 2.35 bits per heavy atom. The smallest absolute Gasteiger partial charge is 0.255 e. The highest BCUT2D eigenvalue weighted by Crippen LogP contribution is 2.27. The van der Waals surface area contributed by atoms with Gasteiger partial charge in [0.25, 0.3) is 5.91 Å². The number of hydrogen-bond acceptors (Lipinski definition) is 5. The maximum Gasteiger partial charge on any atom is 0.255 e. The monoisotopic (exact) mass is 480 g/mol. The average molecular weight is 481 g/mol. The molecule has 1 unspecified atom stereocenters. The quantitative estimate of drug-likeness (QED) is 0.393. The van der Waals surface area contributed by atoms with Crippen LogP contribution in [-0.4, -0.2) is 33.7 Å². The van der Waals surface area contributed by atoms with Gasteiger partial charge in [0, 0.05) is 23.5 Å². The number of methoxy groups -OCH3 is 1. The van der Waals surface area contributed by atoms with Crippen LogP contribution in [0.2, 0.25) is 0 Å². The Balaban J connectivity index is 1.62. The molecular weight excluding hydrogens is 448 g/mol. The SMILES string of the molecule is COc1ccccc1NC(=O)c1ccc(NC(=O)C(C)Sc2nc(C)c(C)n2CC(C)C)cc1. The molecule has 0 aliphatic heterocycles. The number of rotatable bonds is 9. The summed E-state index contributed by atoms with van der Waals surface area (Å²) < 4.78 is 7.46. The molecule has 2 aromatic carbocycles. The second-order valence-corrected chi connectivity index (χ2v) is 9.86. The summed E-state index contributed by atoms with van der Waals surface area (Å²) in [6, 6.07) is 14.0. The first-order valence-corrected chi connectivity index (χ1v) is 12.1. The Morgan fingerprint density at radius 2 is 1.71 bits per heavy atom. The van der Waals surface area contributed by atoms with Crippen LogP contribution in [0.1, 0.15) is 42.5 Å². The van der Waals surface area contributed by atoms with Gasteiger partial charge in [-0.3, -0.25) is 9.59 Å². The van der Waals surface area contributed by atoms with E-state index in [1.54, 1.807) is 43.5 Å². The number of ether oxygens (including phenoxy) is 1. The Morgan fingerprint density at radius 1 is 1.03 bits per heavy atom. The molecule has 0 radical (unpaired) electrons. The van der Waals surface area contributed by atoms with Gasteiger partial charge in [0.1, 0.15) is 5.75 Å². The molecule has 0 fully saturated rings. The van der Waals surface area contributed by atoms with Crippen molar-refractivity contribution in [2.24, 2.45) is 5.92 Å². The Kier molecular flexibility index (Phi) is 8.39. The first-order valence-electron chi connectivity index (χ1n) is 11.2. The number of imidazole rings is 1. The summed E-state index contributed by atoms with van der Waals surface area (Å²) in [5.41, 5.74) is 3.82. The van der Waals surface area contributed by atoms with Crippen molar-refractivity contribution in [1.82, 2.24) is 9.55 Å². The van der Waals surface area contributed by atoms with Crippen molar-refractivity contribution in [3.05, 3.63) is 65.5 Å². The molecule has 0 saturated carbocycles. The van der Waals surface area contributed by atoms with Crippen molar-refractivity contribution in [3.8, 4) is 5.75 Å². The maximum atomic E-state index is 12.8. The molecule has 2 amide bonds. The first kappa shape index (κ1) is 25.4. The van der Waals surface area contributed by atoms with E-state index >= 15 is 0 Å². The van der Waals surface area contributed by atoms with Crippen LogP contribution < -0.4 is 15.4 Å². The number of anilines is 2. The van der Waals surface area contributed by atoms with Crippen LogP contribution in [0, 0.1) is 19.8 Å². The number of aryl methyl sites for hydroxylation is 1. The zero-order valence-electron chi connectivity index (χ0n) is 20.5. The topological polar surface area (TPSA) is 85.2 Å². The normalized spacial score (nSPS) is 11.9. The van der Waals surface area contributed by atoms with Gasteiger partial charge in [0.15, 0.2) is 5.16 Å². The first-order chi connectivity index (χ1) is 16.2. The van der Waals surface area contributed by atoms with Crippen molar-refractivity contribution in [2.75, 3.05) is 17.7 Å². The molecule has 3 aromatic rings. The highest BCUT2D eigenvalue weighted by atomic mass is 32.2. The average Bonchev–Trinajstić information content (AvgIpc) is 3.06. The highest BCUT2D eigenvalue weighted by molar-refractivity contribution is 8.00. The fourth-order valence-electron chi connectivity index (χ4n) is 3.40. The fraction of sp³-hybridized carbons (Fsp3) is 0.346. The van der Waals surface area contributed by atoms with Gasteiger partial charge in [0.05, 0.1) is 23.7 Å². The molecule has 7 nitrogen and oxygen atoms in total. The molecular formula is C26H32N4O3S. The molecule has 0 bridgehead atoms. The van der Waals surface area contributed by atoms with Gasteiger partial charge in [-0.2, -0.15) is 0 Å². The number of thioether (sulfide) groups is 1. The summed E-state index contributed by atoms with van der Waals surface area (Å²) in [5, 5.41) is 6.30. The number of amides is 2. The second kappa shape index (κ2) is 11.2. The minimum Gasteiger partial charge on any atom is -0.495 e. The molecule has 1 atom stereocenters. The molecule has 1 aromatic heterocycles. The van der Waals surface area contributed by atoms with E-state index in [0.717, 1.165) is 23.1 Å². The van der Waals surface area contributed by atoms with E-state index < -0.39 is 0 Å². The molecule has 8 heteroatoms. The molecule has 1 heterocycles. The number of nitrogens with zero attached hydrogens (tertiary/aromatic N) is 2. The van der Waals surface area contributed by atoms with Crippen molar-refractivity contribution in [1.29, 1.82) is 0 Å². The Labute approximate surface area is 205 Å². The zero-order chi connectivity index (χ0) is 24.8. The number of para-hydroxylation sites is 2. The number of nitrogens with one attached hydrogen (secondary N) is 2. The summed E-state index contributed by atoms with van der Waals surface area (Å²) in [4.78, 5) is 30.1. The van der Waals surface area contributed by atoms with Crippen LogP contribution >= 0.6 is 11.8 Å². The van der Waals surface area contributed by atoms with Gasteiger partial charge in [-0.25, -0.2) is 4.98 Å². The number of aromatic nitrogens is 2. The van der Waals surface area contributed by atoms with Gasteiger partial charge in [0.2, 0.25) is 5.91 Å². The minimum absolute atomic E-state index is 0.120. The molecule has 2 N–H and O–H groups in total. The van der Waals surface area contributed by atoms with Crippen molar-refractivity contribution in [3.63, 3.8) is 0 Å². The predicted molar refractivity (Wildman–Crippen MR) is 138 cm³/mol. The van der Waals surface area contributed by atoms with E-state index in [4.69, 9.17) is 4.74 Å². The third-order valence-electron chi connectivity index (χ3n) is 5.39. The van der Waals surface area contributed by atoms with E-state index in [1.165, 1.54) is 11.8 Å². The fourth-order valence-corrected chi connectivity index (χ4v) is 4.41. The number of carbonyl (C=O) groups is 2. The molecule has 0 spiro atoms. The van der Waals surface area contributed by atoms with Crippen molar-refractivity contribution in [2.45, 2.75) is 51.6 Å². The lowest BCUT2D eigenvalue weighted by Crippen LogP contribution is -2.23. The van der Waals surface area contributed by atoms with Gasteiger partial charge in [-0.1, -0.05) is 37.7 Å². The van der Waals surface area contributed by atoms with Gasteiger partial charge in [-0.15, -0.1) is 0 Å².